The molecule has 0 bridgehead atoms. The van der Waals surface area contributed by atoms with Crippen molar-refractivity contribution in [3.8, 4) is 0 Å². The van der Waals surface area contributed by atoms with E-state index in [0.29, 0.717) is 0 Å². The van der Waals surface area contributed by atoms with E-state index >= 15 is 0 Å². The molecule has 1 aliphatic rings. The van der Waals surface area contributed by atoms with Gasteiger partial charge in [-0.25, -0.2) is 0 Å². The van der Waals surface area contributed by atoms with Crippen molar-refractivity contribution in [3.05, 3.63) is 0 Å². The van der Waals surface area contributed by atoms with Gasteiger partial charge in [-0.2, -0.15) is 0 Å². The van der Waals surface area contributed by atoms with Gasteiger partial charge in [-0.1, -0.05) is 0 Å². The van der Waals surface area contributed by atoms with E-state index in [1.165, 1.54) is 11.8 Å². The smallest absolute Gasteiger partial charge is 0.125 e. The first-order valence-corrected chi connectivity index (χ1v) is 3.83. The van der Waals surface area contributed by atoms with Crippen molar-refractivity contribution < 1.29 is 10.2 Å². The molecule has 0 amide bonds. The van der Waals surface area contributed by atoms with Crippen molar-refractivity contribution in [1.82, 2.24) is 0 Å². The Morgan fingerprint density at radius 3 is 2.50 bits per heavy atom. The van der Waals surface area contributed by atoms with E-state index in [9.17, 15) is 0 Å². The summed E-state index contributed by atoms with van der Waals surface area (Å²) >= 11 is 1.43. The summed E-state index contributed by atoms with van der Waals surface area (Å²) < 4.78 is 0. The first-order valence-electron chi connectivity index (χ1n) is 2.78. The molecular weight excluding hydrogens is 124 g/mol. The molecule has 3 heteroatoms. The van der Waals surface area contributed by atoms with Crippen molar-refractivity contribution in [2.24, 2.45) is 0 Å². The molecule has 0 radical (unpaired) electrons. The summed E-state index contributed by atoms with van der Waals surface area (Å²) in [7, 11) is 0. The van der Waals surface area contributed by atoms with Gasteiger partial charge in [0.2, 0.25) is 0 Å². The van der Waals surface area contributed by atoms with Gasteiger partial charge in [-0.05, 0) is 18.6 Å². The first-order chi connectivity index (χ1) is 3.80. The highest BCUT2D eigenvalue weighted by atomic mass is 32.2. The van der Waals surface area contributed by atoms with Gasteiger partial charge >= 0.3 is 0 Å². The number of thioether (sulfide) groups is 1. The monoisotopic (exact) mass is 134 g/mol. The van der Waals surface area contributed by atoms with Crippen molar-refractivity contribution in [1.29, 1.82) is 0 Å². The van der Waals surface area contributed by atoms with E-state index in [-0.39, 0.29) is 0 Å². The molecule has 2 N–H and O–H groups in total. The van der Waals surface area contributed by atoms with Gasteiger partial charge < -0.3 is 10.2 Å². The number of aliphatic hydroxyl groups excluding tert-OH is 2. The van der Waals surface area contributed by atoms with Crippen LogP contribution in [0.3, 0.4) is 0 Å². The predicted octanol–water partition coefficient (Wildman–Crippen LogP) is 0.193. The number of hydrogen-bond donors (Lipinski definition) is 2. The van der Waals surface area contributed by atoms with Crippen LogP contribution in [0, 0.1) is 0 Å². The average Bonchev–Trinajstić information content (AvgIpc) is 1.77. The molecule has 48 valence electrons. The van der Waals surface area contributed by atoms with Gasteiger partial charge in [-0.3, -0.25) is 0 Å². The fraction of sp³-hybridized carbons (Fsp3) is 1.00. The van der Waals surface area contributed by atoms with Gasteiger partial charge in [-0.15, -0.1) is 11.8 Å². The topological polar surface area (TPSA) is 40.5 Å². The molecule has 0 aromatic heterocycles. The lowest BCUT2D eigenvalue weighted by Gasteiger charge is -2.21. The molecule has 2 nitrogen and oxygen atoms in total. The van der Waals surface area contributed by atoms with Crippen LogP contribution < -0.4 is 0 Å². The molecule has 8 heavy (non-hydrogen) atoms. The highest BCUT2D eigenvalue weighted by Gasteiger charge is 2.19. The molecule has 1 saturated heterocycles. The number of rotatable bonds is 0. The summed E-state index contributed by atoms with van der Waals surface area (Å²) in [5.74, 6) is 0.984. The zero-order valence-electron chi connectivity index (χ0n) is 4.58. The van der Waals surface area contributed by atoms with Gasteiger partial charge in [0.05, 0.1) is 6.10 Å². The Kier molecular flexibility index (Phi) is 2.16. The lowest BCUT2D eigenvalue weighted by molar-refractivity contribution is 0.0625. The molecule has 0 spiro atoms. The zero-order chi connectivity index (χ0) is 5.98. The Bertz CT molecular complexity index is 66.8. The van der Waals surface area contributed by atoms with Crippen LogP contribution >= 0.6 is 11.8 Å². The third-order valence-electron chi connectivity index (χ3n) is 1.26. The molecule has 1 aliphatic heterocycles. The van der Waals surface area contributed by atoms with Crippen molar-refractivity contribution in [3.63, 3.8) is 0 Å². The second-order valence-corrected chi connectivity index (χ2v) is 3.20. The fourth-order valence-corrected chi connectivity index (χ4v) is 1.68. The SMILES string of the molecule is OC1CCCSC1O. The number of aliphatic hydroxyl groups is 2. The highest BCUT2D eigenvalue weighted by Crippen LogP contribution is 2.22. The Morgan fingerprint density at radius 1 is 1.38 bits per heavy atom. The van der Waals surface area contributed by atoms with Crippen LogP contribution in [0.2, 0.25) is 0 Å². The summed E-state index contributed by atoms with van der Waals surface area (Å²) in [6.45, 7) is 0. The van der Waals surface area contributed by atoms with Crippen molar-refractivity contribution in [2.75, 3.05) is 5.75 Å². The Morgan fingerprint density at radius 2 is 2.12 bits per heavy atom. The Hall–Kier alpha value is 0.270. The van der Waals surface area contributed by atoms with Crippen molar-refractivity contribution in [2.45, 2.75) is 24.4 Å². The minimum atomic E-state index is -0.524. The maximum atomic E-state index is 8.91. The minimum Gasteiger partial charge on any atom is -0.390 e. The average molecular weight is 134 g/mol. The second-order valence-electron chi connectivity index (χ2n) is 1.97. The van der Waals surface area contributed by atoms with E-state index < -0.39 is 11.5 Å². The van der Waals surface area contributed by atoms with E-state index in [2.05, 4.69) is 0 Å². The Balaban J connectivity index is 2.28. The lowest BCUT2D eigenvalue weighted by atomic mass is 10.2. The van der Waals surface area contributed by atoms with Crippen molar-refractivity contribution >= 4 is 11.8 Å². The predicted molar refractivity (Wildman–Crippen MR) is 33.7 cm³/mol. The first kappa shape index (κ1) is 6.39. The minimum absolute atomic E-state index is 0.478. The summed E-state index contributed by atoms with van der Waals surface area (Å²) in [5, 5.41) is 17.8. The summed E-state index contributed by atoms with van der Waals surface area (Å²) in [6, 6.07) is 0. The molecule has 2 atom stereocenters. The standard InChI is InChI=1S/C5H10O2S/c6-4-2-1-3-8-5(4)7/h4-7H,1-3H2. The molecule has 1 fully saturated rings. The third-order valence-corrected chi connectivity index (χ3v) is 2.44. The van der Waals surface area contributed by atoms with Gasteiger partial charge in [0.25, 0.3) is 0 Å². The zero-order valence-corrected chi connectivity index (χ0v) is 5.40. The summed E-state index contributed by atoms with van der Waals surface area (Å²) in [5.41, 5.74) is -0.524. The van der Waals surface area contributed by atoms with Gasteiger partial charge in [0.15, 0.2) is 0 Å². The second kappa shape index (κ2) is 2.71. The molecule has 1 rings (SSSR count). The van der Waals surface area contributed by atoms with Gasteiger partial charge in [0.1, 0.15) is 5.44 Å². The molecular formula is C5H10O2S. The summed E-state index contributed by atoms with van der Waals surface area (Å²) in [6.07, 6.45) is 1.31. The molecule has 0 aromatic rings. The fourth-order valence-electron chi connectivity index (χ4n) is 0.750. The quantitative estimate of drug-likeness (QED) is 0.497. The van der Waals surface area contributed by atoms with Crippen LogP contribution in [0.5, 0.6) is 0 Å². The van der Waals surface area contributed by atoms with Crippen LogP contribution in [0.1, 0.15) is 12.8 Å². The number of hydrogen-bond acceptors (Lipinski definition) is 3. The van der Waals surface area contributed by atoms with Crippen LogP contribution in [0.4, 0.5) is 0 Å². The van der Waals surface area contributed by atoms with E-state index in [4.69, 9.17) is 10.2 Å². The van der Waals surface area contributed by atoms with E-state index in [0.717, 1.165) is 18.6 Å². The maximum Gasteiger partial charge on any atom is 0.125 e. The van der Waals surface area contributed by atoms with E-state index in [1.807, 2.05) is 0 Å². The lowest BCUT2D eigenvalue weighted by Crippen LogP contribution is -2.26. The largest absolute Gasteiger partial charge is 0.390 e. The normalized spacial score (nSPS) is 39.8. The molecule has 2 unspecified atom stereocenters. The third kappa shape index (κ3) is 1.37. The van der Waals surface area contributed by atoms with E-state index in [1.54, 1.807) is 0 Å². The van der Waals surface area contributed by atoms with Crippen LogP contribution in [-0.4, -0.2) is 27.5 Å². The maximum absolute atomic E-state index is 8.91. The van der Waals surface area contributed by atoms with Crippen LogP contribution in [0.15, 0.2) is 0 Å². The molecule has 1 heterocycles. The Labute approximate surface area is 52.9 Å². The molecule has 0 aromatic carbocycles. The summed E-state index contributed by atoms with van der Waals surface area (Å²) in [4.78, 5) is 0. The molecule has 0 aliphatic carbocycles. The highest BCUT2D eigenvalue weighted by molar-refractivity contribution is 7.99. The van der Waals surface area contributed by atoms with Crippen LogP contribution in [0.25, 0.3) is 0 Å². The molecule has 0 saturated carbocycles. The van der Waals surface area contributed by atoms with Crippen LogP contribution in [-0.2, 0) is 0 Å². The van der Waals surface area contributed by atoms with Gasteiger partial charge in [0, 0.05) is 0 Å².